The van der Waals surface area contributed by atoms with Crippen molar-refractivity contribution in [2.24, 2.45) is 22.2 Å². The SMILES string of the molecule is CSCCC(N)C(=O)NC(CCCN=C(N)N)C(=O)NC(C)C(=O)NC(C)C(=O)O. The lowest BCUT2D eigenvalue weighted by Gasteiger charge is -2.23. The van der Waals surface area contributed by atoms with Crippen LogP contribution in [0.3, 0.4) is 0 Å². The average Bonchev–Trinajstić information content (AvgIpc) is 2.67. The molecule has 0 aromatic rings. The van der Waals surface area contributed by atoms with E-state index in [1.807, 2.05) is 6.26 Å². The van der Waals surface area contributed by atoms with Crippen LogP contribution in [-0.4, -0.2) is 77.5 Å². The Labute approximate surface area is 180 Å². The van der Waals surface area contributed by atoms with E-state index in [2.05, 4.69) is 20.9 Å². The summed E-state index contributed by atoms with van der Waals surface area (Å²) in [4.78, 5) is 51.7. The minimum atomic E-state index is -1.20. The molecule has 3 amide bonds. The quantitative estimate of drug-likeness (QED) is 0.0864. The molecule has 0 aromatic carbocycles. The maximum absolute atomic E-state index is 12.6. The molecule has 13 heteroatoms. The standard InChI is InChI=1S/C17H33N7O5S/c1-9(13(25)23-10(2)16(28)29)22-15(27)12(5-4-7-21-17(19)20)24-14(26)11(18)6-8-30-3/h9-12H,4-8,18H2,1-3H3,(H,22,27)(H,23,25)(H,24,26)(H,28,29)(H4,19,20,21). The van der Waals surface area contributed by atoms with Crippen LogP contribution in [0.15, 0.2) is 4.99 Å². The van der Waals surface area contributed by atoms with Crippen LogP contribution in [0.5, 0.6) is 0 Å². The van der Waals surface area contributed by atoms with E-state index < -0.39 is 47.9 Å². The number of guanidine groups is 1. The molecule has 0 bridgehead atoms. The van der Waals surface area contributed by atoms with E-state index in [9.17, 15) is 19.2 Å². The van der Waals surface area contributed by atoms with Gasteiger partial charge in [0.2, 0.25) is 17.7 Å². The minimum Gasteiger partial charge on any atom is -0.480 e. The predicted octanol–water partition coefficient (Wildman–Crippen LogP) is -2.30. The third-order valence-corrected chi connectivity index (χ3v) is 4.67. The lowest BCUT2D eigenvalue weighted by molar-refractivity contribution is -0.141. The van der Waals surface area contributed by atoms with Crippen LogP contribution >= 0.6 is 11.8 Å². The zero-order valence-electron chi connectivity index (χ0n) is 17.5. The van der Waals surface area contributed by atoms with Crippen molar-refractivity contribution in [3.63, 3.8) is 0 Å². The summed E-state index contributed by atoms with van der Waals surface area (Å²) in [5.41, 5.74) is 16.4. The van der Waals surface area contributed by atoms with Crippen molar-refractivity contribution in [2.45, 2.75) is 57.3 Å². The number of hydrogen-bond donors (Lipinski definition) is 7. The molecule has 0 saturated heterocycles. The number of carboxylic acid groups (broad SMARTS) is 1. The number of nitrogens with zero attached hydrogens (tertiary/aromatic N) is 1. The first-order valence-electron chi connectivity index (χ1n) is 9.43. The molecular weight excluding hydrogens is 414 g/mol. The van der Waals surface area contributed by atoms with Crippen LogP contribution in [0.25, 0.3) is 0 Å². The van der Waals surface area contributed by atoms with E-state index in [1.54, 1.807) is 11.8 Å². The van der Waals surface area contributed by atoms with E-state index in [0.29, 0.717) is 18.6 Å². The molecule has 0 aliphatic carbocycles. The monoisotopic (exact) mass is 447 g/mol. The van der Waals surface area contributed by atoms with Crippen LogP contribution in [0.1, 0.15) is 33.1 Å². The largest absolute Gasteiger partial charge is 0.480 e. The molecule has 0 spiro atoms. The van der Waals surface area contributed by atoms with Gasteiger partial charge in [-0.1, -0.05) is 0 Å². The molecule has 0 aliphatic heterocycles. The van der Waals surface area contributed by atoms with Gasteiger partial charge in [-0.3, -0.25) is 24.2 Å². The summed E-state index contributed by atoms with van der Waals surface area (Å²) in [6, 6.07) is -3.86. The van der Waals surface area contributed by atoms with Crippen LogP contribution < -0.4 is 33.2 Å². The Morgan fingerprint density at radius 2 is 1.57 bits per heavy atom. The lowest BCUT2D eigenvalue weighted by Crippen LogP contribution is -2.56. The summed E-state index contributed by atoms with van der Waals surface area (Å²) in [5, 5.41) is 16.2. The highest BCUT2D eigenvalue weighted by atomic mass is 32.2. The summed E-state index contributed by atoms with van der Waals surface area (Å²) < 4.78 is 0. The first kappa shape index (κ1) is 27.5. The van der Waals surface area contributed by atoms with Gasteiger partial charge in [0, 0.05) is 6.54 Å². The van der Waals surface area contributed by atoms with Crippen LogP contribution in [0.2, 0.25) is 0 Å². The maximum Gasteiger partial charge on any atom is 0.325 e. The number of carboxylic acids is 1. The van der Waals surface area contributed by atoms with Crippen LogP contribution in [-0.2, 0) is 19.2 Å². The van der Waals surface area contributed by atoms with Crippen molar-refractivity contribution in [3.8, 4) is 0 Å². The highest BCUT2D eigenvalue weighted by molar-refractivity contribution is 7.98. The Morgan fingerprint density at radius 1 is 0.967 bits per heavy atom. The maximum atomic E-state index is 12.6. The highest BCUT2D eigenvalue weighted by Gasteiger charge is 2.27. The first-order valence-corrected chi connectivity index (χ1v) is 10.8. The van der Waals surface area contributed by atoms with Gasteiger partial charge in [0.05, 0.1) is 6.04 Å². The smallest absolute Gasteiger partial charge is 0.325 e. The van der Waals surface area contributed by atoms with Crippen molar-refractivity contribution in [1.82, 2.24) is 16.0 Å². The zero-order valence-corrected chi connectivity index (χ0v) is 18.3. The van der Waals surface area contributed by atoms with Gasteiger partial charge in [0.15, 0.2) is 5.96 Å². The fraction of sp³-hybridized carbons (Fsp3) is 0.706. The van der Waals surface area contributed by atoms with E-state index in [1.165, 1.54) is 13.8 Å². The predicted molar refractivity (Wildman–Crippen MR) is 116 cm³/mol. The number of aliphatic carboxylic acids is 1. The van der Waals surface area contributed by atoms with Gasteiger partial charge >= 0.3 is 5.97 Å². The Morgan fingerprint density at radius 3 is 2.10 bits per heavy atom. The highest BCUT2D eigenvalue weighted by Crippen LogP contribution is 2.03. The second-order valence-electron chi connectivity index (χ2n) is 6.70. The minimum absolute atomic E-state index is 0.0861. The number of thioether (sulfide) groups is 1. The van der Waals surface area contributed by atoms with Gasteiger partial charge in [0.25, 0.3) is 0 Å². The molecule has 10 N–H and O–H groups in total. The van der Waals surface area contributed by atoms with Crippen molar-refractivity contribution < 1.29 is 24.3 Å². The molecule has 12 nitrogen and oxygen atoms in total. The molecular formula is C17H33N7O5S. The Kier molecular flexibility index (Phi) is 13.2. The normalized spacial score (nSPS) is 14.5. The van der Waals surface area contributed by atoms with E-state index in [-0.39, 0.29) is 18.9 Å². The van der Waals surface area contributed by atoms with Gasteiger partial charge in [-0.15, -0.1) is 0 Å². The van der Waals surface area contributed by atoms with Gasteiger partial charge in [-0.25, -0.2) is 0 Å². The molecule has 30 heavy (non-hydrogen) atoms. The first-order chi connectivity index (χ1) is 14.0. The second-order valence-corrected chi connectivity index (χ2v) is 7.68. The van der Waals surface area contributed by atoms with Gasteiger partial charge in [-0.2, -0.15) is 11.8 Å². The molecule has 0 heterocycles. The molecule has 4 unspecified atom stereocenters. The Bertz CT molecular complexity index is 628. The Balaban J connectivity index is 5.02. The number of nitrogens with two attached hydrogens (primary N) is 3. The molecule has 172 valence electrons. The lowest BCUT2D eigenvalue weighted by atomic mass is 10.1. The number of aliphatic imine (C=N–C) groups is 1. The molecule has 0 fully saturated rings. The third kappa shape index (κ3) is 11.5. The summed E-state index contributed by atoms with van der Waals surface area (Å²) >= 11 is 1.55. The van der Waals surface area contributed by atoms with E-state index >= 15 is 0 Å². The Hall–Kier alpha value is -2.54. The number of nitrogens with one attached hydrogen (secondary N) is 3. The van der Waals surface area contributed by atoms with Crippen LogP contribution in [0, 0.1) is 0 Å². The summed E-state index contributed by atoms with van der Waals surface area (Å²) in [5.74, 6) is -2.35. The van der Waals surface area contributed by atoms with Gasteiger partial charge in [-0.05, 0) is 45.1 Å². The number of amides is 3. The number of hydrogen-bond acceptors (Lipinski definition) is 7. The molecule has 0 saturated carbocycles. The molecule has 0 radical (unpaired) electrons. The van der Waals surface area contributed by atoms with Gasteiger partial charge in [0.1, 0.15) is 18.1 Å². The molecule has 4 atom stereocenters. The van der Waals surface area contributed by atoms with E-state index in [4.69, 9.17) is 22.3 Å². The van der Waals surface area contributed by atoms with Crippen molar-refractivity contribution in [3.05, 3.63) is 0 Å². The fourth-order valence-corrected chi connectivity index (χ4v) is 2.70. The number of carbonyl (C=O) groups is 4. The average molecular weight is 448 g/mol. The molecule has 0 aromatic heterocycles. The summed E-state index contributed by atoms with van der Waals surface area (Å²) in [6.07, 6.45) is 2.94. The van der Waals surface area contributed by atoms with E-state index in [0.717, 1.165) is 0 Å². The fourth-order valence-electron chi connectivity index (χ4n) is 2.21. The van der Waals surface area contributed by atoms with Crippen molar-refractivity contribution >= 4 is 41.4 Å². The number of carbonyl (C=O) groups excluding carboxylic acids is 3. The zero-order chi connectivity index (χ0) is 23.3. The number of rotatable bonds is 14. The third-order valence-electron chi connectivity index (χ3n) is 4.03. The van der Waals surface area contributed by atoms with Crippen molar-refractivity contribution in [1.29, 1.82) is 0 Å². The molecule has 0 aliphatic rings. The second kappa shape index (κ2) is 14.4. The molecule has 0 rings (SSSR count). The van der Waals surface area contributed by atoms with Crippen molar-refractivity contribution in [2.75, 3.05) is 18.6 Å². The topological polar surface area (TPSA) is 215 Å². The summed E-state index contributed by atoms with van der Waals surface area (Å²) in [6.45, 7) is 2.97. The van der Waals surface area contributed by atoms with Gasteiger partial charge < -0.3 is 38.3 Å². The van der Waals surface area contributed by atoms with Crippen LogP contribution in [0.4, 0.5) is 0 Å². The summed E-state index contributed by atoms with van der Waals surface area (Å²) in [7, 11) is 0.